The summed E-state index contributed by atoms with van der Waals surface area (Å²) in [6, 6.07) is 16.4. The quantitative estimate of drug-likeness (QED) is 0.489. The Hall–Kier alpha value is -3.79. The molecule has 0 radical (unpaired) electrons. The van der Waals surface area contributed by atoms with Crippen molar-refractivity contribution in [2.45, 2.75) is 18.9 Å². The van der Waals surface area contributed by atoms with Gasteiger partial charge in [0.15, 0.2) is 5.65 Å². The van der Waals surface area contributed by atoms with Gasteiger partial charge in [0.05, 0.1) is 17.7 Å². The molecule has 0 N–H and O–H groups in total. The van der Waals surface area contributed by atoms with Gasteiger partial charge in [0.2, 0.25) is 0 Å². The van der Waals surface area contributed by atoms with E-state index in [-0.39, 0.29) is 6.04 Å². The zero-order chi connectivity index (χ0) is 20.7. The molecule has 2 aromatic carbocycles. The average Bonchev–Trinajstić information content (AvgIpc) is 3.42. The fraction of sp³-hybridized carbons (Fsp3) is 0.174. The third-order valence-electron chi connectivity index (χ3n) is 5.50. The van der Waals surface area contributed by atoms with Crippen molar-refractivity contribution in [1.82, 2.24) is 14.5 Å². The van der Waals surface area contributed by atoms with Gasteiger partial charge in [0.1, 0.15) is 29.3 Å². The fourth-order valence-corrected chi connectivity index (χ4v) is 4.09. The molecule has 3 heterocycles. The van der Waals surface area contributed by atoms with E-state index in [1.165, 1.54) is 12.1 Å². The molecular formula is C23H17F2N5. The maximum absolute atomic E-state index is 14.4. The SMILES string of the molecule is N#Cc1cccc(-n2cnc3ccc(N4CCCC4c4cc(F)ccc4F)nc32)c1. The first-order valence-corrected chi connectivity index (χ1v) is 9.70. The number of fused-ring (bicyclic) bond motifs is 1. The van der Waals surface area contributed by atoms with Crippen LogP contribution in [0.1, 0.15) is 30.0 Å². The van der Waals surface area contributed by atoms with E-state index in [1.807, 2.05) is 33.7 Å². The molecule has 1 fully saturated rings. The molecule has 1 unspecified atom stereocenters. The van der Waals surface area contributed by atoms with Crippen molar-refractivity contribution in [1.29, 1.82) is 5.26 Å². The van der Waals surface area contributed by atoms with Crippen molar-refractivity contribution in [3.63, 3.8) is 0 Å². The minimum atomic E-state index is -0.447. The Bertz CT molecular complexity index is 1290. The standard InChI is InChI=1S/C23H17F2N5/c24-16-6-7-19(25)18(12-16)21-5-2-10-29(21)22-9-8-20-23(28-22)30(14-27-20)17-4-1-3-15(11-17)13-26/h1,3-4,6-9,11-12,14,21H,2,5,10H2. The molecule has 1 aliphatic rings. The maximum atomic E-state index is 14.4. The fourth-order valence-electron chi connectivity index (χ4n) is 4.09. The largest absolute Gasteiger partial charge is 0.349 e. The molecule has 5 rings (SSSR count). The summed E-state index contributed by atoms with van der Waals surface area (Å²) in [5, 5.41) is 9.19. The average molecular weight is 401 g/mol. The van der Waals surface area contributed by atoms with Crippen LogP contribution >= 0.6 is 0 Å². The molecule has 0 spiro atoms. The molecule has 0 bridgehead atoms. The number of hydrogen-bond donors (Lipinski definition) is 0. The topological polar surface area (TPSA) is 57.7 Å². The molecule has 2 aromatic heterocycles. The molecule has 0 amide bonds. The van der Waals surface area contributed by atoms with Crippen molar-refractivity contribution >= 4 is 17.0 Å². The highest BCUT2D eigenvalue weighted by Crippen LogP contribution is 2.37. The molecule has 1 aliphatic heterocycles. The van der Waals surface area contributed by atoms with Crippen LogP contribution < -0.4 is 4.90 Å². The first-order chi connectivity index (χ1) is 14.6. The Balaban J connectivity index is 1.58. The van der Waals surface area contributed by atoms with E-state index in [0.717, 1.165) is 24.6 Å². The van der Waals surface area contributed by atoms with Crippen LogP contribution in [0.5, 0.6) is 0 Å². The van der Waals surface area contributed by atoms with Crippen LogP contribution in [0, 0.1) is 23.0 Å². The summed E-state index contributed by atoms with van der Waals surface area (Å²) in [6.45, 7) is 0.706. The number of hydrogen-bond acceptors (Lipinski definition) is 4. The van der Waals surface area contributed by atoms with Gasteiger partial charge in [-0.3, -0.25) is 4.57 Å². The Morgan fingerprint density at radius 1 is 1.07 bits per heavy atom. The normalized spacial score (nSPS) is 16.2. The second-order valence-electron chi connectivity index (χ2n) is 7.31. The van der Waals surface area contributed by atoms with Gasteiger partial charge in [-0.25, -0.2) is 18.7 Å². The summed E-state index contributed by atoms with van der Waals surface area (Å²) in [5.74, 6) is -0.170. The van der Waals surface area contributed by atoms with Crippen molar-refractivity contribution < 1.29 is 8.78 Å². The molecule has 1 atom stereocenters. The zero-order valence-corrected chi connectivity index (χ0v) is 16.0. The van der Waals surface area contributed by atoms with Gasteiger partial charge in [-0.2, -0.15) is 5.26 Å². The number of halogens is 2. The van der Waals surface area contributed by atoms with Gasteiger partial charge >= 0.3 is 0 Å². The van der Waals surface area contributed by atoms with Gasteiger partial charge in [0, 0.05) is 17.8 Å². The van der Waals surface area contributed by atoms with Gasteiger partial charge < -0.3 is 4.90 Å². The van der Waals surface area contributed by atoms with Crippen LogP contribution in [-0.2, 0) is 0 Å². The van der Waals surface area contributed by atoms with Crippen molar-refractivity contribution in [2.75, 3.05) is 11.4 Å². The number of anilines is 1. The molecule has 30 heavy (non-hydrogen) atoms. The molecule has 0 aliphatic carbocycles. The Labute approximate surface area is 171 Å². The van der Waals surface area contributed by atoms with E-state index >= 15 is 0 Å². The second kappa shape index (κ2) is 7.23. The van der Waals surface area contributed by atoms with Gasteiger partial charge in [-0.1, -0.05) is 6.07 Å². The van der Waals surface area contributed by atoms with Crippen molar-refractivity contribution in [2.24, 2.45) is 0 Å². The predicted octanol–water partition coefficient (Wildman–Crippen LogP) is 4.91. The zero-order valence-electron chi connectivity index (χ0n) is 16.0. The van der Waals surface area contributed by atoms with E-state index in [4.69, 9.17) is 4.98 Å². The summed E-state index contributed by atoms with van der Waals surface area (Å²) >= 11 is 0. The number of nitriles is 1. The minimum Gasteiger partial charge on any atom is -0.349 e. The molecule has 148 valence electrons. The first-order valence-electron chi connectivity index (χ1n) is 9.70. The number of aromatic nitrogens is 3. The van der Waals surface area contributed by atoms with Gasteiger partial charge in [-0.05, 0) is 61.4 Å². The minimum absolute atomic E-state index is 0.274. The molecule has 5 nitrogen and oxygen atoms in total. The number of pyridine rings is 1. The Morgan fingerprint density at radius 3 is 2.83 bits per heavy atom. The molecule has 0 saturated carbocycles. The lowest BCUT2D eigenvalue weighted by atomic mass is 10.0. The lowest BCUT2D eigenvalue weighted by molar-refractivity contribution is 0.560. The van der Waals surface area contributed by atoms with Crippen molar-refractivity contribution in [3.8, 4) is 11.8 Å². The maximum Gasteiger partial charge on any atom is 0.166 e. The monoisotopic (exact) mass is 401 g/mol. The molecular weight excluding hydrogens is 384 g/mol. The lowest BCUT2D eigenvalue weighted by Crippen LogP contribution is -2.24. The smallest absolute Gasteiger partial charge is 0.166 e. The third-order valence-corrected chi connectivity index (χ3v) is 5.50. The van der Waals surface area contributed by atoms with E-state index in [1.54, 1.807) is 18.5 Å². The van der Waals surface area contributed by atoms with Crippen LogP contribution in [0.15, 0.2) is 60.9 Å². The number of rotatable bonds is 3. The van der Waals surface area contributed by atoms with Crippen LogP contribution in [0.3, 0.4) is 0 Å². The summed E-state index contributed by atoms with van der Waals surface area (Å²) in [7, 11) is 0. The van der Waals surface area contributed by atoms with Crippen LogP contribution in [0.25, 0.3) is 16.9 Å². The highest BCUT2D eigenvalue weighted by molar-refractivity contribution is 5.75. The lowest BCUT2D eigenvalue weighted by Gasteiger charge is -2.26. The van der Waals surface area contributed by atoms with Gasteiger partial charge in [-0.15, -0.1) is 0 Å². The van der Waals surface area contributed by atoms with E-state index < -0.39 is 11.6 Å². The Morgan fingerprint density at radius 2 is 1.97 bits per heavy atom. The third kappa shape index (κ3) is 3.07. The number of benzene rings is 2. The molecule has 1 saturated heterocycles. The highest BCUT2D eigenvalue weighted by atomic mass is 19.1. The highest BCUT2D eigenvalue weighted by Gasteiger charge is 2.30. The van der Waals surface area contributed by atoms with Crippen LogP contribution in [0.4, 0.5) is 14.6 Å². The van der Waals surface area contributed by atoms with Crippen LogP contribution in [0.2, 0.25) is 0 Å². The summed E-state index contributed by atoms with van der Waals surface area (Å²) < 4.78 is 30.0. The summed E-state index contributed by atoms with van der Waals surface area (Å²) in [6.07, 6.45) is 3.26. The first kappa shape index (κ1) is 18.3. The molecule has 4 aromatic rings. The number of nitrogens with zero attached hydrogens (tertiary/aromatic N) is 5. The number of imidazole rings is 1. The van der Waals surface area contributed by atoms with Crippen LogP contribution in [-0.4, -0.2) is 21.1 Å². The van der Waals surface area contributed by atoms with E-state index in [0.29, 0.717) is 34.7 Å². The Kier molecular flexibility index (Phi) is 4.40. The second-order valence-corrected chi connectivity index (χ2v) is 7.31. The predicted molar refractivity (Wildman–Crippen MR) is 109 cm³/mol. The molecule has 7 heteroatoms. The van der Waals surface area contributed by atoms with E-state index in [9.17, 15) is 14.0 Å². The summed E-state index contributed by atoms with van der Waals surface area (Å²) in [4.78, 5) is 11.2. The van der Waals surface area contributed by atoms with Crippen molar-refractivity contribution in [3.05, 3.63) is 83.7 Å². The van der Waals surface area contributed by atoms with E-state index in [2.05, 4.69) is 11.1 Å². The van der Waals surface area contributed by atoms with Gasteiger partial charge in [0.25, 0.3) is 0 Å². The summed E-state index contributed by atoms with van der Waals surface area (Å²) in [5.41, 5.74) is 3.05.